The van der Waals surface area contributed by atoms with E-state index in [1.807, 2.05) is 0 Å². The summed E-state index contributed by atoms with van der Waals surface area (Å²) >= 11 is 0. The number of aryl methyl sites for hydroxylation is 1. The van der Waals surface area contributed by atoms with Gasteiger partial charge in [0.05, 0.1) is 18.3 Å². The fourth-order valence-electron chi connectivity index (χ4n) is 1.56. The van der Waals surface area contributed by atoms with Crippen molar-refractivity contribution in [2.24, 2.45) is 7.05 Å². The van der Waals surface area contributed by atoms with Crippen LogP contribution in [0.4, 0.5) is 5.69 Å². The number of ether oxygens (including phenoxy) is 1. The summed E-state index contributed by atoms with van der Waals surface area (Å²) in [7, 11) is 1.75. The first-order valence-electron chi connectivity index (χ1n) is 4.77. The second-order valence-corrected chi connectivity index (χ2v) is 3.57. The van der Waals surface area contributed by atoms with Crippen LogP contribution in [0, 0.1) is 0 Å². The summed E-state index contributed by atoms with van der Waals surface area (Å²) in [5, 5.41) is 3.32. The van der Waals surface area contributed by atoms with Gasteiger partial charge in [-0.15, -0.1) is 0 Å². The molecule has 0 bridgehead atoms. The van der Waals surface area contributed by atoms with Gasteiger partial charge in [-0.1, -0.05) is 0 Å². The van der Waals surface area contributed by atoms with Gasteiger partial charge < -0.3 is 14.6 Å². The number of aromatic nitrogens is 1. The van der Waals surface area contributed by atoms with Gasteiger partial charge in [-0.2, -0.15) is 0 Å². The molecule has 0 aliphatic carbocycles. The molecule has 0 amide bonds. The Kier molecular flexibility index (Phi) is 2.54. The van der Waals surface area contributed by atoms with Crippen molar-refractivity contribution in [1.82, 2.24) is 4.57 Å². The first-order valence-corrected chi connectivity index (χ1v) is 4.77. The average molecular weight is 194 g/mol. The molecule has 14 heavy (non-hydrogen) atoms. The Morgan fingerprint density at radius 2 is 2.43 bits per heavy atom. The zero-order chi connectivity index (χ0) is 9.97. The Morgan fingerprint density at radius 1 is 1.57 bits per heavy atom. The van der Waals surface area contributed by atoms with Crippen LogP contribution in [0.5, 0.6) is 0 Å². The lowest BCUT2D eigenvalue weighted by Crippen LogP contribution is -2.21. The first-order chi connectivity index (χ1) is 6.75. The molecular weight excluding hydrogens is 180 g/mol. The molecule has 1 unspecified atom stereocenters. The molecule has 0 aromatic carbocycles. The molecule has 0 spiro atoms. The average Bonchev–Trinajstić information content (AvgIpc) is 2.64. The van der Waals surface area contributed by atoms with Crippen LogP contribution >= 0.6 is 0 Å². The van der Waals surface area contributed by atoms with E-state index in [4.69, 9.17) is 4.74 Å². The molecule has 1 saturated heterocycles. The number of pyridine rings is 1. The third kappa shape index (κ3) is 1.96. The minimum Gasteiger partial charge on any atom is -0.379 e. The normalized spacial score (nSPS) is 21.1. The molecule has 0 radical (unpaired) electrons. The molecule has 4 nitrogen and oxygen atoms in total. The van der Waals surface area contributed by atoms with E-state index in [9.17, 15) is 4.79 Å². The first kappa shape index (κ1) is 9.27. The van der Waals surface area contributed by atoms with Crippen molar-refractivity contribution in [2.75, 3.05) is 18.5 Å². The van der Waals surface area contributed by atoms with E-state index in [2.05, 4.69) is 5.32 Å². The summed E-state index contributed by atoms with van der Waals surface area (Å²) < 4.78 is 6.82. The monoisotopic (exact) mass is 194 g/mol. The third-order valence-corrected chi connectivity index (χ3v) is 2.39. The van der Waals surface area contributed by atoms with Gasteiger partial charge in [0.2, 0.25) is 5.56 Å². The molecular formula is C10H14N2O2. The molecule has 1 atom stereocenters. The molecule has 2 heterocycles. The van der Waals surface area contributed by atoms with E-state index in [1.165, 1.54) is 0 Å². The van der Waals surface area contributed by atoms with Crippen LogP contribution in [0.3, 0.4) is 0 Å². The highest BCUT2D eigenvalue weighted by Crippen LogP contribution is 2.11. The van der Waals surface area contributed by atoms with Crippen LogP contribution in [0.15, 0.2) is 23.1 Å². The minimum atomic E-state index is 0.0122. The summed E-state index contributed by atoms with van der Waals surface area (Å²) in [5.74, 6) is 0. The molecule has 1 aromatic rings. The van der Waals surface area contributed by atoms with Crippen molar-refractivity contribution < 1.29 is 4.74 Å². The van der Waals surface area contributed by atoms with Gasteiger partial charge in [0.1, 0.15) is 0 Å². The summed E-state index contributed by atoms with van der Waals surface area (Å²) in [4.78, 5) is 11.1. The summed E-state index contributed by atoms with van der Waals surface area (Å²) in [6, 6.07) is 3.76. The summed E-state index contributed by atoms with van der Waals surface area (Å²) in [6.07, 6.45) is 2.84. The van der Waals surface area contributed by atoms with E-state index in [1.54, 1.807) is 29.9 Å². The molecule has 1 fully saturated rings. The zero-order valence-corrected chi connectivity index (χ0v) is 8.19. The number of rotatable bonds is 2. The quantitative estimate of drug-likeness (QED) is 0.749. The highest BCUT2D eigenvalue weighted by atomic mass is 16.5. The highest BCUT2D eigenvalue weighted by molar-refractivity contribution is 5.41. The number of nitrogens with zero attached hydrogens (tertiary/aromatic N) is 1. The number of nitrogens with one attached hydrogen (secondary N) is 1. The van der Waals surface area contributed by atoms with Crippen LogP contribution in [-0.4, -0.2) is 23.8 Å². The predicted molar refractivity (Wildman–Crippen MR) is 54.5 cm³/mol. The molecule has 4 heteroatoms. The van der Waals surface area contributed by atoms with Crippen molar-refractivity contribution in [1.29, 1.82) is 0 Å². The van der Waals surface area contributed by atoms with Crippen LogP contribution in [0.25, 0.3) is 0 Å². The lowest BCUT2D eigenvalue weighted by atomic mass is 10.2. The van der Waals surface area contributed by atoms with Crippen molar-refractivity contribution in [3.8, 4) is 0 Å². The van der Waals surface area contributed by atoms with Gasteiger partial charge >= 0.3 is 0 Å². The molecule has 1 N–H and O–H groups in total. The van der Waals surface area contributed by atoms with E-state index in [-0.39, 0.29) is 5.56 Å². The van der Waals surface area contributed by atoms with E-state index in [0.29, 0.717) is 6.04 Å². The molecule has 1 aromatic heterocycles. The Bertz CT molecular complexity index is 367. The lowest BCUT2D eigenvalue weighted by Gasteiger charge is -2.12. The fraction of sp³-hybridized carbons (Fsp3) is 0.500. The SMILES string of the molecule is Cn1cc(NC2CCOC2)ccc1=O. The van der Waals surface area contributed by atoms with Crippen LogP contribution in [0.1, 0.15) is 6.42 Å². The third-order valence-electron chi connectivity index (χ3n) is 2.39. The topological polar surface area (TPSA) is 43.3 Å². The Morgan fingerprint density at radius 3 is 3.07 bits per heavy atom. The van der Waals surface area contributed by atoms with Crippen molar-refractivity contribution in [3.05, 3.63) is 28.7 Å². The Labute approximate surface area is 82.5 Å². The minimum absolute atomic E-state index is 0.0122. The van der Waals surface area contributed by atoms with Crippen LogP contribution in [-0.2, 0) is 11.8 Å². The van der Waals surface area contributed by atoms with E-state index < -0.39 is 0 Å². The van der Waals surface area contributed by atoms with Gasteiger partial charge in [0, 0.05) is 25.9 Å². The Hall–Kier alpha value is -1.29. The van der Waals surface area contributed by atoms with Gasteiger partial charge in [-0.3, -0.25) is 4.79 Å². The molecule has 76 valence electrons. The standard InChI is InChI=1S/C10H14N2O2/c1-12-6-8(2-3-10(12)13)11-9-4-5-14-7-9/h2-3,6,9,11H,4-5,7H2,1H3. The predicted octanol–water partition coefficient (Wildman–Crippen LogP) is 0.586. The van der Waals surface area contributed by atoms with E-state index in [0.717, 1.165) is 25.3 Å². The smallest absolute Gasteiger partial charge is 0.250 e. The maximum absolute atomic E-state index is 11.1. The van der Waals surface area contributed by atoms with Crippen LogP contribution < -0.4 is 10.9 Å². The number of hydrogen-bond donors (Lipinski definition) is 1. The number of anilines is 1. The summed E-state index contributed by atoms with van der Waals surface area (Å²) in [6.45, 7) is 1.58. The molecule has 1 aliphatic rings. The molecule has 2 rings (SSSR count). The van der Waals surface area contributed by atoms with Crippen molar-refractivity contribution >= 4 is 5.69 Å². The second kappa shape index (κ2) is 3.84. The van der Waals surface area contributed by atoms with Crippen molar-refractivity contribution in [2.45, 2.75) is 12.5 Å². The lowest BCUT2D eigenvalue weighted by molar-refractivity contribution is 0.195. The summed E-state index contributed by atoms with van der Waals surface area (Å²) in [5.41, 5.74) is 0.987. The Balaban J connectivity index is 2.09. The second-order valence-electron chi connectivity index (χ2n) is 3.57. The van der Waals surface area contributed by atoms with Crippen LogP contribution in [0.2, 0.25) is 0 Å². The maximum Gasteiger partial charge on any atom is 0.250 e. The highest BCUT2D eigenvalue weighted by Gasteiger charge is 2.14. The van der Waals surface area contributed by atoms with Gasteiger partial charge in [0.15, 0.2) is 0 Å². The molecule has 1 aliphatic heterocycles. The fourth-order valence-corrected chi connectivity index (χ4v) is 1.56. The van der Waals surface area contributed by atoms with Gasteiger partial charge in [0.25, 0.3) is 0 Å². The van der Waals surface area contributed by atoms with Crippen molar-refractivity contribution in [3.63, 3.8) is 0 Å². The van der Waals surface area contributed by atoms with Gasteiger partial charge in [-0.25, -0.2) is 0 Å². The zero-order valence-electron chi connectivity index (χ0n) is 8.19. The van der Waals surface area contributed by atoms with Gasteiger partial charge in [-0.05, 0) is 12.5 Å². The maximum atomic E-state index is 11.1. The van der Waals surface area contributed by atoms with E-state index >= 15 is 0 Å². The largest absolute Gasteiger partial charge is 0.379 e. The molecule has 0 saturated carbocycles. The number of hydrogen-bond acceptors (Lipinski definition) is 3.